The van der Waals surface area contributed by atoms with Gasteiger partial charge in [-0.05, 0) is 18.4 Å². The molecule has 1 unspecified atom stereocenters. The van der Waals surface area contributed by atoms with E-state index >= 15 is 0 Å². The molecule has 0 saturated carbocycles. The molecule has 3 heteroatoms. The molecule has 1 atom stereocenters. The van der Waals surface area contributed by atoms with Gasteiger partial charge in [0.25, 0.3) is 0 Å². The Bertz CT molecular complexity index is 382. The number of nitrogens with zero attached hydrogens (tertiary/aromatic N) is 1. The molecule has 0 bridgehead atoms. The van der Waals surface area contributed by atoms with Crippen LogP contribution in [0.4, 0.5) is 10.1 Å². The van der Waals surface area contributed by atoms with E-state index < -0.39 is 6.10 Å². The molecule has 0 spiro atoms. The Morgan fingerprint density at radius 3 is 2.41 bits per heavy atom. The first-order chi connectivity index (χ1) is 7.72. The van der Waals surface area contributed by atoms with Crippen molar-refractivity contribution in [1.29, 1.82) is 0 Å². The van der Waals surface area contributed by atoms with Gasteiger partial charge in [-0.3, -0.25) is 0 Å². The minimum atomic E-state index is -0.664. The summed E-state index contributed by atoms with van der Waals surface area (Å²) in [4.78, 5) is 1.87. The van der Waals surface area contributed by atoms with Gasteiger partial charge in [-0.2, -0.15) is 0 Å². The molecule has 0 heterocycles. The Kier molecular flexibility index (Phi) is 4.15. The van der Waals surface area contributed by atoms with Crippen molar-refractivity contribution in [3.05, 3.63) is 29.6 Å². The fourth-order valence-electron chi connectivity index (χ4n) is 2.06. The SMILES string of the molecule is CC(O)c1cccc(F)c1N(C)CC(C)(C)C. The number of para-hydroxylation sites is 1. The summed E-state index contributed by atoms with van der Waals surface area (Å²) < 4.78 is 13.9. The molecule has 2 nitrogen and oxygen atoms in total. The van der Waals surface area contributed by atoms with Gasteiger partial charge in [0.2, 0.25) is 0 Å². The van der Waals surface area contributed by atoms with Crippen LogP contribution in [-0.4, -0.2) is 18.7 Å². The second-order valence-corrected chi connectivity index (χ2v) is 5.77. The van der Waals surface area contributed by atoms with Gasteiger partial charge in [-0.15, -0.1) is 0 Å². The summed E-state index contributed by atoms with van der Waals surface area (Å²) in [6.07, 6.45) is -0.664. The molecular formula is C14H22FNO. The molecule has 1 aromatic rings. The third kappa shape index (κ3) is 3.70. The monoisotopic (exact) mass is 239 g/mol. The Morgan fingerprint density at radius 2 is 1.94 bits per heavy atom. The van der Waals surface area contributed by atoms with E-state index in [1.54, 1.807) is 19.1 Å². The molecule has 1 rings (SSSR count). The van der Waals surface area contributed by atoms with Crippen LogP contribution in [0.3, 0.4) is 0 Å². The van der Waals surface area contributed by atoms with Gasteiger partial charge in [-0.1, -0.05) is 32.9 Å². The minimum absolute atomic E-state index is 0.0764. The number of halogens is 1. The van der Waals surface area contributed by atoms with Crippen LogP contribution < -0.4 is 4.90 Å². The van der Waals surface area contributed by atoms with Crippen molar-refractivity contribution in [1.82, 2.24) is 0 Å². The lowest BCUT2D eigenvalue weighted by Crippen LogP contribution is -2.30. The molecule has 1 aromatic carbocycles. The van der Waals surface area contributed by atoms with Gasteiger partial charge in [0.05, 0.1) is 11.8 Å². The Balaban J connectivity index is 3.11. The van der Waals surface area contributed by atoms with Crippen molar-refractivity contribution in [3.8, 4) is 0 Å². The molecule has 0 aromatic heterocycles. The molecule has 0 fully saturated rings. The molecule has 0 aliphatic carbocycles. The van der Waals surface area contributed by atoms with Crippen molar-refractivity contribution in [2.45, 2.75) is 33.8 Å². The number of aliphatic hydroxyl groups excluding tert-OH is 1. The van der Waals surface area contributed by atoms with Crippen LogP contribution in [0.2, 0.25) is 0 Å². The van der Waals surface area contributed by atoms with Crippen LogP contribution in [0.15, 0.2) is 18.2 Å². The highest BCUT2D eigenvalue weighted by Gasteiger charge is 2.20. The second kappa shape index (κ2) is 5.05. The van der Waals surface area contributed by atoms with E-state index in [9.17, 15) is 9.50 Å². The lowest BCUT2D eigenvalue weighted by molar-refractivity contribution is 0.199. The maximum absolute atomic E-state index is 13.9. The van der Waals surface area contributed by atoms with Gasteiger partial charge >= 0.3 is 0 Å². The smallest absolute Gasteiger partial charge is 0.146 e. The molecule has 0 amide bonds. The maximum atomic E-state index is 13.9. The number of rotatable bonds is 3. The summed E-state index contributed by atoms with van der Waals surface area (Å²) in [6, 6.07) is 4.83. The van der Waals surface area contributed by atoms with Crippen LogP contribution in [-0.2, 0) is 0 Å². The van der Waals surface area contributed by atoms with E-state index in [4.69, 9.17) is 0 Å². The standard InChI is InChI=1S/C14H22FNO/c1-10(17)11-7-6-8-12(15)13(11)16(5)9-14(2,3)4/h6-8,10,17H,9H2,1-5H3. The van der Waals surface area contributed by atoms with E-state index in [0.29, 0.717) is 11.3 Å². The number of anilines is 1. The first kappa shape index (κ1) is 14.0. The van der Waals surface area contributed by atoms with Gasteiger partial charge in [0.15, 0.2) is 0 Å². The molecule has 0 aliphatic heterocycles. The number of hydrogen-bond acceptors (Lipinski definition) is 2. The van der Waals surface area contributed by atoms with Crippen LogP contribution in [0.1, 0.15) is 39.4 Å². The van der Waals surface area contributed by atoms with Gasteiger partial charge in [-0.25, -0.2) is 4.39 Å². The summed E-state index contributed by atoms with van der Waals surface area (Å²) in [5, 5.41) is 9.68. The average molecular weight is 239 g/mol. The largest absolute Gasteiger partial charge is 0.389 e. The van der Waals surface area contributed by atoms with Crippen LogP contribution in [0.5, 0.6) is 0 Å². The number of aliphatic hydroxyl groups is 1. The quantitative estimate of drug-likeness (QED) is 0.874. The maximum Gasteiger partial charge on any atom is 0.146 e. The van der Waals surface area contributed by atoms with Crippen molar-refractivity contribution in [2.75, 3.05) is 18.5 Å². The van der Waals surface area contributed by atoms with Crippen molar-refractivity contribution in [3.63, 3.8) is 0 Å². The van der Waals surface area contributed by atoms with E-state index in [-0.39, 0.29) is 11.2 Å². The fourth-order valence-corrected chi connectivity index (χ4v) is 2.06. The van der Waals surface area contributed by atoms with Crippen molar-refractivity contribution >= 4 is 5.69 Å². The molecular weight excluding hydrogens is 217 g/mol. The first-order valence-corrected chi connectivity index (χ1v) is 5.90. The normalized spacial score (nSPS) is 13.6. The summed E-state index contributed by atoms with van der Waals surface area (Å²) in [5.41, 5.74) is 1.21. The molecule has 17 heavy (non-hydrogen) atoms. The zero-order valence-corrected chi connectivity index (χ0v) is 11.3. The molecule has 96 valence electrons. The van der Waals surface area contributed by atoms with E-state index in [0.717, 1.165) is 6.54 Å². The highest BCUT2D eigenvalue weighted by Crippen LogP contribution is 2.30. The summed E-state index contributed by atoms with van der Waals surface area (Å²) in [7, 11) is 1.86. The molecule has 0 saturated heterocycles. The molecule has 0 aliphatic rings. The van der Waals surface area contributed by atoms with E-state index in [2.05, 4.69) is 20.8 Å². The van der Waals surface area contributed by atoms with Crippen molar-refractivity contribution in [2.24, 2.45) is 5.41 Å². The van der Waals surface area contributed by atoms with Crippen LogP contribution in [0, 0.1) is 11.2 Å². The predicted octanol–water partition coefficient (Wildman–Crippen LogP) is 3.36. The van der Waals surface area contributed by atoms with Crippen LogP contribution >= 0.6 is 0 Å². The zero-order chi connectivity index (χ0) is 13.2. The Hall–Kier alpha value is -1.09. The minimum Gasteiger partial charge on any atom is -0.389 e. The topological polar surface area (TPSA) is 23.5 Å². The molecule has 0 radical (unpaired) electrons. The van der Waals surface area contributed by atoms with E-state index in [1.165, 1.54) is 6.07 Å². The van der Waals surface area contributed by atoms with Crippen LogP contribution in [0.25, 0.3) is 0 Å². The second-order valence-electron chi connectivity index (χ2n) is 5.77. The highest BCUT2D eigenvalue weighted by atomic mass is 19.1. The van der Waals surface area contributed by atoms with Gasteiger partial charge < -0.3 is 10.0 Å². The fraction of sp³-hybridized carbons (Fsp3) is 0.571. The Labute approximate surface area is 103 Å². The first-order valence-electron chi connectivity index (χ1n) is 5.90. The van der Waals surface area contributed by atoms with E-state index in [1.807, 2.05) is 11.9 Å². The third-order valence-electron chi connectivity index (χ3n) is 2.56. The number of benzene rings is 1. The zero-order valence-electron chi connectivity index (χ0n) is 11.3. The van der Waals surface area contributed by atoms with Gasteiger partial charge in [0.1, 0.15) is 5.82 Å². The average Bonchev–Trinajstić information content (AvgIpc) is 2.13. The summed E-state index contributed by atoms with van der Waals surface area (Å²) >= 11 is 0. The lowest BCUT2D eigenvalue weighted by atomic mass is 9.95. The van der Waals surface area contributed by atoms with Crippen molar-refractivity contribution < 1.29 is 9.50 Å². The predicted molar refractivity (Wildman–Crippen MR) is 69.8 cm³/mol. The molecule has 1 N–H and O–H groups in total. The lowest BCUT2D eigenvalue weighted by Gasteiger charge is -2.30. The third-order valence-corrected chi connectivity index (χ3v) is 2.56. The van der Waals surface area contributed by atoms with Gasteiger partial charge in [0, 0.05) is 19.2 Å². The highest BCUT2D eigenvalue weighted by molar-refractivity contribution is 5.55. The Morgan fingerprint density at radius 1 is 1.35 bits per heavy atom. The number of hydrogen-bond donors (Lipinski definition) is 1. The summed E-state index contributed by atoms with van der Waals surface area (Å²) in [6.45, 7) is 8.70. The summed E-state index contributed by atoms with van der Waals surface area (Å²) in [5.74, 6) is -0.282.